The summed E-state index contributed by atoms with van der Waals surface area (Å²) in [5, 5.41) is 5.98. The van der Waals surface area contributed by atoms with E-state index in [9.17, 15) is 0 Å². The zero-order chi connectivity index (χ0) is 21.8. The van der Waals surface area contributed by atoms with E-state index in [1.54, 1.807) is 11.1 Å². The quantitative estimate of drug-likeness (QED) is 0.199. The molecular formula is C29H38S2. The van der Waals surface area contributed by atoms with Crippen molar-refractivity contribution in [1.82, 2.24) is 0 Å². The van der Waals surface area contributed by atoms with Crippen molar-refractivity contribution in [1.29, 1.82) is 0 Å². The number of aryl methyl sites for hydroxylation is 4. The van der Waals surface area contributed by atoms with E-state index in [1.807, 2.05) is 22.7 Å². The van der Waals surface area contributed by atoms with Crippen LogP contribution in [0.4, 0.5) is 0 Å². The summed E-state index contributed by atoms with van der Waals surface area (Å²) in [4.78, 5) is 2.95. The summed E-state index contributed by atoms with van der Waals surface area (Å²) in [5.74, 6) is 0. The second-order valence-electron chi connectivity index (χ2n) is 9.20. The number of benzene rings is 2. The predicted octanol–water partition coefficient (Wildman–Crippen LogP) is 10.4. The minimum Gasteiger partial charge on any atom is -0.139 e. The van der Waals surface area contributed by atoms with Gasteiger partial charge in [-0.2, -0.15) is 0 Å². The molecule has 31 heavy (non-hydrogen) atoms. The van der Waals surface area contributed by atoms with Gasteiger partial charge in [0.1, 0.15) is 0 Å². The van der Waals surface area contributed by atoms with Crippen molar-refractivity contribution in [3.63, 3.8) is 0 Å². The SMILES string of the molecule is CCCCCCc1cc2c(cc1CCCCCC)c1cc(CC)sc1c1sc(C)cc21. The fraction of sp³-hybridized carbons (Fsp3) is 0.517. The highest BCUT2D eigenvalue weighted by Crippen LogP contribution is 2.44. The molecule has 166 valence electrons. The van der Waals surface area contributed by atoms with E-state index in [0.717, 1.165) is 6.42 Å². The standard InChI is InChI=1S/C29H38S2/c1-5-8-10-12-14-21-17-24-25(18-22(21)15-13-11-9-6-2)27-19-23(7-3)31-29(27)28-26(24)16-20(4)30-28/h16-19H,5-15H2,1-4H3. The van der Waals surface area contributed by atoms with Crippen molar-refractivity contribution in [2.45, 2.75) is 98.3 Å². The lowest BCUT2D eigenvalue weighted by Crippen LogP contribution is -1.97. The lowest BCUT2D eigenvalue weighted by atomic mass is 9.91. The van der Waals surface area contributed by atoms with E-state index in [4.69, 9.17) is 0 Å². The summed E-state index contributed by atoms with van der Waals surface area (Å²) in [7, 11) is 0. The van der Waals surface area contributed by atoms with E-state index in [0.29, 0.717) is 0 Å². The minimum atomic E-state index is 1.13. The van der Waals surface area contributed by atoms with Gasteiger partial charge in [-0.1, -0.05) is 71.4 Å². The van der Waals surface area contributed by atoms with Gasteiger partial charge in [-0.05, 0) is 73.1 Å². The molecule has 0 aliphatic carbocycles. The first-order valence-electron chi connectivity index (χ1n) is 12.6. The van der Waals surface area contributed by atoms with Gasteiger partial charge in [-0.3, -0.25) is 0 Å². The Morgan fingerprint density at radius 2 is 1.13 bits per heavy atom. The van der Waals surface area contributed by atoms with Crippen LogP contribution in [0, 0.1) is 6.92 Å². The first-order chi connectivity index (χ1) is 15.2. The topological polar surface area (TPSA) is 0 Å². The molecule has 0 bridgehead atoms. The number of thiophene rings is 2. The van der Waals surface area contributed by atoms with Crippen LogP contribution in [0.15, 0.2) is 24.3 Å². The number of fused-ring (bicyclic) bond motifs is 6. The van der Waals surface area contributed by atoms with Gasteiger partial charge >= 0.3 is 0 Å². The molecule has 0 radical (unpaired) electrons. The fourth-order valence-corrected chi connectivity index (χ4v) is 7.25. The van der Waals surface area contributed by atoms with Gasteiger partial charge in [0.05, 0.1) is 9.40 Å². The summed E-state index contributed by atoms with van der Waals surface area (Å²) < 4.78 is 3.03. The first-order valence-corrected chi connectivity index (χ1v) is 14.2. The number of hydrogen-bond donors (Lipinski definition) is 0. The average Bonchev–Trinajstić information content (AvgIpc) is 3.38. The van der Waals surface area contributed by atoms with Crippen LogP contribution >= 0.6 is 22.7 Å². The van der Waals surface area contributed by atoms with Crippen molar-refractivity contribution in [2.24, 2.45) is 0 Å². The molecule has 0 aliphatic rings. The van der Waals surface area contributed by atoms with Crippen LogP contribution < -0.4 is 0 Å². The van der Waals surface area contributed by atoms with Gasteiger partial charge in [-0.25, -0.2) is 0 Å². The van der Waals surface area contributed by atoms with Crippen LogP contribution in [-0.2, 0) is 19.3 Å². The Morgan fingerprint density at radius 3 is 1.68 bits per heavy atom. The maximum atomic E-state index is 2.59. The molecule has 0 atom stereocenters. The molecule has 2 aromatic carbocycles. The monoisotopic (exact) mass is 450 g/mol. The Kier molecular flexibility index (Phi) is 7.72. The summed E-state index contributed by atoms with van der Waals surface area (Å²) >= 11 is 4.00. The van der Waals surface area contributed by atoms with E-state index in [-0.39, 0.29) is 0 Å². The lowest BCUT2D eigenvalue weighted by Gasteiger charge is -2.14. The zero-order valence-electron chi connectivity index (χ0n) is 19.9. The second kappa shape index (κ2) is 10.5. The van der Waals surface area contributed by atoms with Crippen LogP contribution in [0.25, 0.3) is 30.9 Å². The average molecular weight is 451 g/mol. The summed E-state index contributed by atoms with van der Waals surface area (Å²) in [5.41, 5.74) is 3.24. The molecule has 0 spiro atoms. The third-order valence-electron chi connectivity index (χ3n) is 6.71. The smallest absolute Gasteiger partial charge is 0.0530 e. The van der Waals surface area contributed by atoms with Gasteiger partial charge in [0.25, 0.3) is 0 Å². The third kappa shape index (κ3) is 4.86. The van der Waals surface area contributed by atoms with Crippen LogP contribution in [0.5, 0.6) is 0 Å². The molecule has 4 rings (SSSR count). The molecule has 0 N–H and O–H groups in total. The molecule has 0 fully saturated rings. The number of unbranched alkanes of at least 4 members (excludes halogenated alkanes) is 6. The highest BCUT2D eigenvalue weighted by molar-refractivity contribution is 7.27. The lowest BCUT2D eigenvalue weighted by molar-refractivity contribution is 0.651. The number of rotatable bonds is 11. The van der Waals surface area contributed by atoms with Gasteiger partial charge in [-0.15, -0.1) is 22.7 Å². The van der Waals surface area contributed by atoms with E-state index in [1.165, 1.54) is 105 Å². The molecule has 2 heterocycles. The molecule has 2 heteroatoms. The van der Waals surface area contributed by atoms with Gasteiger partial charge in [0.15, 0.2) is 0 Å². The van der Waals surface area contributed by atoms with Crippen LogP contribution in [-0.4, -0.2) is 0 Å². The maximum Gasteiger partial charge on any atom is 0.0530 e. The normalized spacial score (nSPS) is 12.0. The Balaban J connectivity index is 1.85. The Hall–Kier alpha value is -1.38. The summed E-state index contributed by atoms with van der Waals surface area (Å²) in [6.07, 6.45) is 14.3. The van der Waals surface area contributed by atoms with Crippen molar-refractivity contribution >= 4 is 53.6 Å². The van der Waals surface area contributed by atoms with E-state index >= 15 is 0 Å². The number of hydrogen-bond acceptors (Lipinski definition) is 2. The molecular weight excluding hydrogens is 412 g/mol. The molecule has 0 amide bonds. The van der Waals surface area contributed by atoms with Crippen LogP contribution in [0.1, 0.15) is 93.0 Å². The fourth-order valence-electron chi connectivity index (χ4n) is 4.95. The third-order valence-corrected chi connectivity index (χ3v) is 9.21. The molecule has 4 aromatic rings. The van der Waals surface area contributed by atoms with Crippen LogP contribution in [0.3, 0.4) is 0 Å². The van der Waals surface area contributed by atoms with Crippen LogP contribution in [0.2, 0.25) is 0 Å². The molecule has 0 nitrogen and oxygen atoms in total. The minimum absolute atomic E-state index is 1.13. The summed E-state index contributed by atoms with van der Waals surface area (Å²) in [6.45, 7) is 9.17. The van der Waals surface area contributed by atoms with Gasteiger partial charge in [0.2, 0.25) is 0 Å². The summed E-state index contributed by atoms with van der Waals surface area (Å²) in [6, 6.07) is 10.1. The Morgan fingerprint density at radius 1 is 0.581 bits per heavy atom. The largest absolute Gasteiger partial charge is 0.139 e. The van der Waals surface area contributed by atoms with E-state index < -0.39 is 0 Å². The molecule has 0 saturated carbocycles. The molecule has 0 saturated heterocycles. The van der Waals surface area contributed by atoms with Crippen molar-refractivity contribution in [3.05, 3.63) is 45.1 Å². The van der Waals surface area contributed by atoms with Crippen molar-refractivity contribution in [2.75, 3.05) is 0 Å². The maximum absolute atomic E-state index is 2.59. The van der Waals surface area contributed by atoms with Crippen molar-refractivity contribution in [3.8, 4) is 0 Å². The molecule has 2 aromatic heterocycles. The van der Waals surface area contributed by atoms with Crippen molar-refractivity contribution < 1.29 is 0 Å². The second-order valence-corrected chi connectivity index (χ2v) is 11.6. The predicted molar refractivity (Wildman–Crippen MR) is 145 cm³/mol. The van der Waals surface area contributed by atoms with E-state index in [2.05, 4.69) is 52.0 Å². The van der Waals surface area contributed by atoms with Gasteiger partial charge < -0.3 is 0 Å². The molecule has 0 unspecified atom stereocenters. The Labute approximate surface area is 196 Å². The highest BCUT2D eigenvalue weighted by Gasteiger charge is 2.16. The first kappa shape index (κ1) is 22.8. The Bertz CT molecular complexity index is 1160. The zero-order valence-corrected chi connectivity index (χ0v) is 21.5. The van der Waals surface area contributed by atoms with Gasteiger partial charge in [0, 0.05) is 20.5 Å². The highest BCUT2D eigenvalue weighted by atomic mass is 32.1. The molecule has 0 aliphatic heterocycles.